The second-order valence-electron chi connectivity index (χ2n) is 3.95. The van der Waals surface area contributed by atoms with Crippen molar-refractivity contribution in [2.45, 2.75) is 6.92 Å². The van der Waals surface area contributed by atoms with E-state index < -0.39 is 11.5 Å². The van der Waals surface area contributed by atoms with Crippen LogP contribution in [0.2, 0.25) is 0 Å². The van der Waals surface area contributed by atoms with Gasteiger partial charge in [-0.25, -0.2) is 4.79 Å². The Morgan fingerprint density at radius 1 is 1.42 bits per heavy atom. The monoisotopic (exact) mass is 274 g/mol. The topological polar surface area (TPSA) is 81.4 Å². The van der Waals surface area contributed by atoms with Crippen LogP contribution in [0.1, 0.15) is 5.56 Å². The summed E-state index contributed by atoms with van der Waals surface area (Å²) in [4.78, 5) is 24.2. The van der Waals surface area contributed by atoms with Gasteiger partial charge in [0.05, 0.1) is 5.75 Å². The van der Waals surface area contributed by atoms with E-state index in [1.165, 1.54) is 4.90 Å². The molecule has 0 atom stereocenters. The molecule has 0 aliphatic carbocycles. The van der Waals surface area contributed by atoms with E-state index in [-0.39, 0.29) is 16.7 Å². The number of nitriles is 1. The van der Waals surface area contributed by atoms with Gasteiger partial charge in [-0.05, 0) is 19.1 Å². The maximum Gasteiger partial charge on any atom is 0.349 e. The molecule has 1 aromatic carbocycles. The van der Waals surface area contributed by atoms with E-state index in [9.17, 15) is 9.59 Å². The number of aliphatic carboxylic acids is 1. The first-order valence-corrected chi connectivity index (χ1v) is 6.43. The number of benzene rings is 1. The average molecular weight is 274 g/mol. The molecule has 6 heteroatoms. The minimum atomic E-state index is -1.32. The molecule has 96 valence electrons. The number of amides is 1. The molecule has 2 rings (SSSR count). The van der Waals surface area contributed by atoms with Gasteiger partial charge in [0.2, 0.25) is 5.91 Å². The van der Waals surface area contributed by atoms with Crippen LogP contribution in [0.4, 0.5) is 5.69 Å². The minimum Gasteiger partial charge on any atom is -0.477 e. The molecule has 0 spiro atoms. The molecule has 1 heterocycles. The molecule has 0 saturated carbocycles. The van der Waals surface area contributed by atoms with E-state index in [0.717, 1.165) is 17.3 Å². The first-order chi connectivity index (χ1) is 9.04. The van der Waals surface area contributed by atoms with Gasteiger partial charge >= 0.3 is 5.97 Å². The maximum atomic E-state index is 11.9. The second kappa shape index (κ2) is 5.16. The van der Waals surface area contributed by atoms with Crippen molar-refractivity contribution in [2.75, 3.05) is 10.7 Å². The summed E-state index contributed by atoms with van der Waals surface area (Å²) in [5.41, 5.74) is 1.20. The van der Waals surface area contributed by atoms with E-state index in [0.29, 0.717) is 5.69 Å². The number of rotatable bonds is 2. The summed E-state index contributed by atoms with van der Waals surface area (Å²) in [6.45, 7) is 1.92. The second-order valence-corrected chi connectivity index (χ2v) is 4.91. The van der Waals surface area contributed by atoms with Gasteiger partial charge in [0.1, 0.15) is 11.1 Å². The van der Waals surface area contributed by atoms with Crippen LogP contribution in [-0.2, 0) is 9.59 Å². The Morgan fingerprint density at radius 3 is 2.58 bits per heavy atom. The van der Waals surface area contributed by atoms with Crippen LogP contribution < -0.4 is 4.90 Å². The summed E-state index contributed by atoms with van der Waals surface area (Å²) >= 11 is 1.07. The predicted octanol–water partition coefficient (Wildman–Crippen LogP) is 1.89. The Kier molecular flexibility index (Phi) is 3.58. The van der Waals surface area contributed by atoms with Crippen LogP contribution in [0.15, 0.2) is 34.9 Å². The zero-order valence-electron chi connectivity index (χ0n) is 10.1. The highest BCUT2D eigenvalue weighted by Gasteiger charge is 2.32. The van der Waals surface area contributed by atoms with Crippen molar-refractivity contribution >= 4 is 29.3 Å². The summed E-state index contributed by atoms with van der Waals surface area (Å²) in [5.74, 6) is -1.41. The van der Waals surface area contributed by atoms with Gasteiger partial charge in [-0.3, -0.25) is 9.69 Å². The first-order valence-electron chi connectivity index (χ1n) is 5.44. The normalized spacial score (nSPS) is 17.3. The molecule has 0 aromatic heterocycles. The summed E-state index contributed by atoms with van der Waals surface area (Å²) in [7, 11) is 0. The zero-order valence-corrected chi connectivity index (χ0v) is 10.9. The Balaban J connectivity index is 2.53. The summed E-state index contributed by atoms with van der Waals surface area (Å²) < 4.78 is 0. The van der Waals surface area contributed by atoms with Crippen molar-refractivity contribution in [2.24, 2.45) is 0 Å². The highest BCUT2D eigenvalue weighted by molar-refractivity contribution is 8.04. The average Bonchev–Trinajstić information content (AvgIpc) is 2.73. The molecule has 1 aromatic rings. The fourth-order valence-corrected chi connectivity index (χ4v) is 2.70. The molecular formula is C13H10N2O3S. The SMILES string of the molecule is Cc1ccc(N2C(=O)CS/C2=C(/C#N)C(=O)O)cc1. The van der Waals surface area contributed by atoms with Crippen LogP contribution in [0, 0.1) is 18.3 Å². The molecule has 1 aliphatic heterocycles. The number of carbonyl (C=O) groups excluding carboxylic acids is 1. The summed E-state index contributed by atoms with van der Waals surface area (Å²) in [6, 6.07) is 8.76. The molecule has 1 aliphatic rings. The van der Waals surface area contributed by atoms with Crippen LogP contribution >= 0.6 is 11.8 Å². The van der Waals surface area contributed by atoms with Gasteiger partial charge < -0.3 is 5.11 Å². The number of carboxylic acids is 1. The van der Waals surface area contributed by atoms with Crippen molar-refractivity contribution in [1.82, 2.24) is 0 Å². The van der Waals surface area contributed by atoms with Crippen molar-refractivity contribution in [3.63, 3.8) is 0 Å². The highest BCUT2D eigenvalue weighted by atomic mass is 32.2. The van der Waals surface area contributed by atoms with Crippen LogP contribution in [0.25, 0.3) is 0 Å². The number of hydrogen-bond acceptors (Lipinski definition) is 4. The predicted molar refractivity (Wildman–Crippen MR) is 71.4 cm³/mol. The summed E-state index contributed by atoms with van der Waals surface area (Å²) in [5, 5.41) is 18.1. The van der Waals surface area contributed by atoms with Crippen molar-refractivity contribution < 1.29 is 14.7 Å². The maximum absolute atomic E-state index is 11.9. The fourth-order valence-electron chi connectivity index (χ4n) is 1.70. The third-order valence-corrected chi connectivity index (χ3v) is 3.67. The van der Waals surface area contributed by atoms with E-state index in [1.807, 2.05) is 19.1 Å². The first kappa shape index (κ1) is 13.2. The number of carbonyl (C=O) groups is 2. The number of anilines is 1. The van der Waals surface area contributed by atoms with E-state index in [2.05, 4.69) is 0 Å². The third-order valence-electron chi connectivity index (χ3n) is 2.62. The molecular weight excluding hydrogens is 264 g/mol. The molecule has 0 unspecified atom stereocenters. The number of aryl methyl sites for hydroxylation is 1. The van der Waals surface area contributed by atoms with E-state index in [1.54, 1.807) is 18.2 Å². The fraction of sp³-hybridized carbons (Fsp3) is 0.154. The van der Waals surface area contributed by atoms with Gasteiger partial charge in [-0.2, -0.15) is 5.26 Å². The van der Waals surface area contributed by atoms with Crippen molar-refractivity contribution in [3.8, 4) is 6.07 Å². The molecule has 5 nitrogen and oxygen atoms in total. The van der Waals surface area contributed by atoms with Crippen molar-refractivity contribution in [3.05, 3.63) is 40.4 Å². The largest absolute Gasteiger partial charge is 0.477 e. The Labute approximate surface area is 114 Å². The molecule has 1 amide bonds. The van der Waals surface area contributed by atoms with E-state index in [4.69, 9.17) is 10.4 Å². The molecule has 1 N–H and O–H groups in total. The molecule has 0 radical (unpaired) electrons. The quantitative estimate of drug-likeness (QED) is 0.658. The van der Waals surface area contributed by atoms with Gasteiger partial charge in [-0.1, -0.05) is 29.5 Å². The van der Waals surface area contributed by atoms with Gasteiger partial charge in [0, 0.05) is 5.69 Å². The zero-order chi connectivity index (χ0) is 14.0. The molecule has 0 bridgehead atoms. The van der Waals surface area contributed by atoms with Gasteiger partial charge in [0.25, 0.3) is 0 Å². The summed E-state index contributed by atoms with van der Waals surface area (Å²) in [6.07, 6.45) is 0. The molecule has 1 fully saturated rings. The lowest BCUT2D eigenvalue weighted by Gasteiger charge is -2.17. The molecule has 19 heavy (non-hydrogen) atoms. The smallest absolute Gasteiger partial charge is 0.349 e. The lowest BCUT2D eigenvalue weighted by Crippen LogP contribution is -2.25. The Hall–Kier alpha value is -2.26. The lowest BCUT2D eigenvalue weighted by atomic mass is 10.2. The Morgan fingerprint density at radius 2 is 2.05 bits per heavy atom. The number of nitrogens with zero attached hydrogens (tertiary/aromatic N) is 2. The van der Waals surface area contributed by atoms with Crippen LogP contribution in [0.5, 0.6) is 0 Å². The van der Waals surface area contributed by atoms with Crippen LogP contribution in [0.3, 0.4) is 0 Å². The van der Waals surface area contributed by atoms with E-state index >= 15 is 0 Å². The van der Waals surface area contributed by atoms with Gasteiger partial charge in [0.15, 0.2) is 5.57 Å². The minimum absolute atomic E-state index is 0.141. The molecule has 1 saturated heterocycles. The Bertz CT molecular complexity index is 614. The van der Waals surface area contributed by atoms with Crippen LogP contribution in [-0.4, -0.2) is 22.7 Å². The highest BCUT2D eigenvalue weighted by Crippen LogP contribution is 2.36. The number of thioether (sulfide) groups is 1. The number of carboxylic acid groups (broad SMARTS) is 1. The third kappa shape index (κ3) is 2.46. The van der Waals surface area contributed by atoms with Crippen molar-refractivity contribution in [1.29, 1.82) is 5.26 Å². The van der Waals surface area contributed by atoms with Gasteiger partial charge in [-0.15, -0.1) is 0 Å². The lowest BCUT2D eigenvalue weighted by molar-refractivity contribution is -0.132. The standard InChI is InChI=1S/C13H10N2O3S/c1-8-2-4-9(5-3-8)15-11(16)7-19-12(15)10(6-14)13(17)18/h2-5H,7H2,1H3,(H,17,18)/b12-10-. The number of hydrogen-bond donors (Lipinski definition) is 1.